The minimum absolute atomic E-state index is 0.0464. The molecule has 0 spiro atoms. The molecule has 0 aliphatic carbocycles. The van der Waals surface area contributed by atoms with Crippen molar-refractivity contribution in [3.8, 4) is 0 Å². The number of aryl methyl sites for hydroxylation is 1. The number of pyridine rings is 1. The van der Waals surface area contributed by atoms with Gasteiger partial charge >= 0.3 is 0 Å². The third-order valence-electron chi connectivity index (χ3n) is 2.69. The van der Waals surface area contributed by atoms with Gasteiger partial charge in [0.25, 0.3) is 0 Å². The lowest BCUT2D eigenvalue weighted by Crippen LogP contribution is -2.23. The van der Waals surface area contributed by atoms with Gasteiger partial charge in [0, 0.05) is 30.6 Å². The van der Waals surface area contributed by atoms with Crippen LogP contribution in [0.2, 0.25) is 5.02 Å². The molecule has 0 amide bonds. The summed E-state index contributed by atoms with van der Waals surface area (Å²) < 4.78 is 1.76. The smallest absolute Gasteiger partial charge is 0.128 e. The highest BCUT2D eigenvalue weighted by molar-refractivity contribution is 6.30. The van der Waals surface area contributed by atoms with E-state index in [1.54, 1.807) is 10.9 Å². The first-order valence-corrected chi connectivity index (χ1v) is 6.12. The lowest BCUT2D eigenvalue weighted by atomic mass is 10.0. The first-order chi connectivity index (χ1) is 8.61. The van der Waals surface area contributed by atoms with Gasteiger partial charge in [-0.2, -0.15) is 5.10 Å². The second-order valence-electron chi connectivity index (χ2n) is 4.07. The third kappa shape index (κ3) is 2.63. The van der Waals surface area contributed by atoms with Crippen molar-refractivity contribution in [3.05, 3.63) is 40.8 Å². The van der Waals surface area contributed by atoms with Crippen molar-refractivity contribution in [2.75, 3.05) is 12.3 Å². The van der Waals surface area contributed by atoms with Crippen LogP contribution in [-0.2, 0) is 7.05 Å². The lowest BCUT2D eigenvalue weighted by Gasteiger charge is -2.18. The van der Waals surface area contributed by atoms with Gasteiger partial charge in [0.2, 0.25) is 0 Å². The number of rotatable bonds is 4. The Labute approximate surface area is 111 Å². The summed E-state index contributed by atoms with van der Waals surface area (Å²) in [5, 5.41) is 8.12. The van der Waals surface area contributed by atoms with Crippen molar-refractivity contribution in [2.45, 2.75) is 13.0 Å². The quantitative estimate of drug-likeness (QED) is 0.884. The summed E-state index contributed by atoms with van der Waals surface area (Å²) in [6, 6.07) is 1.79. The number of nitrogens with two attached hydrogens (primary N) is 1. The van der Waals surface area contributed by atoms with Crippen LogP contribution in [0.3, 0.4) is 0 Å². The highest BCUT2D eigenvalue weighted by Crippen LogP contribution is 2.27. The van der Waals surface area contributed by atoms with E-state index in [0.29, 0.717) is 10.8 Å². The van der Waals surface area contributed by atoms with Gasteiger partial charge in [0.05, 0.1) is 17.3 Å². The first kappa shape index (κ1) is 12.9. The fraction of sp³-hybridized carbons (Fsp3) is 0.333. The topological polar surface area (TPSA) is 68.8 Å². The molecule has 2 aromatic heterocycles. The number of hydrogen-bond donors (Lipinski definition) is 2. The molecule has 0 saturated heterocycles. The van der Waals surface area contributed by atoms with Crippen LogP contribution >= 0.6 is 11.6 Å². The number of anilines is 1. The zero-order valence-corrected chi connectivity index (χ0v) is 11.1. The van der Waals surface area contributed by atoms with Crippen molar-refractivity contribution in [1.82, 2.24) is 20.1 Å². The van der Waals surface area contributed by atoms with Crippen molar-refractivity contribution in [2.24, 2.45) is 7.05 Å². The largest absolute Gasteiger partial charge is 0.383 e. The summed E-state index contributed by atoms with van der Waals surface area (Å²) in [6.07, 6.45) is 5.31. The minimum Gasteiger partial charge on any atom is -0.383 e. The Bertz CT molecular complexity index is 537. The predicted octanol–water partition coefficient (Wildman–Crippen LogP) is 1.75. The van der Waals surface area contributed by atoms with E-state index in [9.17, 15) is 0 Å². The molecule has 6 heteroatoms. The maximum atomic E-state index is 5.99. The van der Waals surface area contributed by atoms with Crippen molar-refractivity contribution >= 4 is 17.4 Å². The molecule has 1 atom stereocenters. The molecule has 0 aromatic carbocycles. The number of hydrogen-bond acceptors (Lipinski definition) is 4. The highest BCUT2D eigenvalue weighted by atomic mass is 35.5. The Morgan fingerprint density at radius 2 is 2.28 bits per heavy atom. The second-order valence-corrected chi connectivity index (χ2v) is 4.50. The molecule has 0 aliphatic rings. The minimum atomic E-state index is -0.0464. The van der Waals surface area contributed by atoms with E-state index in [-0.39, 0.29) is 6.04 Å². The van der Waals surface area contributed by atoms with Gasteiger partial charge in [-0.15, -0.1) is 0 Å². The molecule has 0 aliphatic heterocycles. The van der Waals surface area contributed by atoms with Crippen molar-refractivity contribution < 1.29 is 0 Å². The maximum absolute atomic E-state index is 5.99. The molecule has 1 unspecified atom stereocenters. The molecule has 5 nitrogen and oxygen atoms in total. The number of nitrogen functional groups attached to an aromatic ring is 1. The summed E-state index contributed by atoms with van der Waals surface area (Å²) >= 11 is 5.99. The average Bonchev–Trinajstić information content (AvgIpc) is 2.76. The van der Waals surface area contributed by atoms with Gasteiger partial charge in [-0.05, 0) is 12.6 Å². The van der Waals surface area contributed by atoms with Gasteiger partial charge in [0.1, 0.15) is 5.82 Å². The van der Waals surface area contributed by atoms with Crippen LogP contribution in [-0.4, -0.2) is 21.3 Å². The van der Waals surface area contributed by atoms with Crippen LogP contribution in [0.1, 0.15) is 24.1 Å². The Morgan fingerprint density at radius 3 is 2.89 bits per heavy atom. The van der Waals surface area contributed by atoms with Gasteiger partial charge in [-0.3, -0.25) is 4.68 Å². The van der Waals surface area contributed by atoms with Crippen LogP contribution < -0.4 is 11.1 Å². The monoisotopic (exact) mass is 265 g/mol. The zero-order chi connectivity index (χ0) is 13.1. The van der Waals surface area contributed by atoms with Crippen LogP contribution in [0, 0.1) is 0 Å². The van der Waals surface area contributed by atoms with E-state index >= 15 is 0 Å². The molecule has 2 rings (SSSR count). The summed E-state index contributed by atoms with van der Waals surface area (Å²) in [5.74, 6) is 0.481. The molecule has 0 fully saturated rings. The molecule has 2 aromatic rings. The molecule has 2 heterocycles. The Hall–Kier alpha value is -1.59. The predicted molar refractivity (Wildman–Crippen MR) is 72.4 cm³/mol. The van der Waals surface area contributed by atoms with Crippen molar-refractivity contribution in [3.63, 3.8) is 0 Å². The highest BCUT2D eigenvalue weighted by Gasteiger charge is 2.18. The van der Waals surface area contributed by atoms with E-state index < -0.39 is 0 Å². The second kappa shape index (κ2) is 5.37. The third-order valence-corrected chi connectivity index (χ3v) is 2.90. The molecule has 3 N–H and O–H groups in total. The number of aromatic nitrogens is 3. The first-order valence-electron chi connectivity index (χ1n) is 5.74. The number of nitrogens with one attached hydrogen (secondary N) is 1. The van der Waals surface area contributed by atoms with Gasteiger partial charge in [-0.25, -0.2) is 4.98 Å². The average molecular weight is 266 g/mol. The molecule has 0 bridgehead atoms. The van der Waals surface area contributed by atoms with Gasteiger partial charge in [0.15, 0.2) is 0 Å². The van der Waals surface area contributed by atoms with E-state index in [1.807, 2.05) is 32.4 Å². The summed E-state index contributed by atoms with van der Waals surface area (Å²) in [4.78, 5) is 4.09. The molecular weight excluding hydrogens is 250 g/mol. The fourth-order valence-corrected chi connectivity index (χ4v) is 2.06. The molecule has 0 saturated carbocycles. The van der Waals surface area contributed by atoms with Crippen molar-refractivity contribution in [1.29, 1.82) is 0 Å². The Morgan fingerprint density at radius 1 is 1.50 bits per heavy atom. The van der Waals surface area contributed by atoms with Crippen LogP contribution in [0.15, 0.2) is 24.7 Å². The van der Waals surface area contributed by atoms with Crippen LogP contribution in [0.5, 0.6) is 0 Å². The number of nitrogens with zero attached hydrogens (tertiary/aromatic N) is 3. The Kier molecular flexibility index (Phi) is 3.84. The summed E-state index contributed by atoms with van der Waals surface area (Å²) in [6.45, 7) is 2.85. The Balaban J connectivity index is 2.44. The van der Waals surface area contributed by atoms with E-state index in [2.05, 4.69) is 15.4 Å². The van der Waals surface area contributed by atoms with E-state index in [0.717, 1.165) is 17.7 Å². The van der Waals surface area contributed by atoms with E-state index in [1.165, 1.54) is 0 Å². The zero-order valence-electron chi connectivity index (χ0n) is 10.4. The molecule has 0 radical (unpaired) electrons. The standard InChI is InChI=1S/C12H16ClN5/c1-3-15-11(8-5-17-18(2)7-8)10-4-9(13)6-16-12(10)14/h4-7,11,15H,3H2,1-2H3,(H2,14,16). The fourth-order valence-electron chi connectivity index (χ4n) is 1.90. The van der Waals surface area contributed by atoms with Gasteiger partial charge in [-0.1, -0.05) is 18.5 Å². The maximum Gasteiger partial charge on any atom is 0.128 e. The SMILES string of the molecule is CCNC(c1cnn(C)c1)c1cc(Cl)cnc1N. The summed E-state index contributed by atoms with van der Waals surface area (Å²) in [5.41, 5.74) is 7.84. The normalized spacial score (nSPS) is 12.6. The lowest BCUT2D eigenvalue weighted by molar-refractivity contribution is 0.629. The molecule has 18 heavy (non-hydrogen) atoms. The van der Waals surface area contributed by atoms with Gasteiger partial charge < -0.3 is 11.1 Å². The van der Waals surface area contributed by atoms with Crippen LogP contribution in [0.4, 0.5) is 5.82 Å². The van der Waals surface area contributed by atoms with E-state index in [4.69, 9.17) is 17.3 Å². The summed E-state index contributed by atoms with van der Waals surface area (Å²) in [7, 11) is 1.88. The molecule has 96 valence electrons. The van der Waals surface area contributed by atoms with Crippen LogP contribution in [0.25, 0.3) is 0 Å². The number of halogens is 1. The molecular formula is C12H16ClN5.